The van der Waals surface area contributed by atoms with Gasteiger partial charge in [-0.3, -0.25) is 0 Å². The van der Waals surface area contributed by atoms with Gasteiger partial charge < -0.3 is 5.73 Å². The molecule has 0 spiro atoms. The molecule has 2 rings (SSSR count). The maximum Gasteiger partial charge on any atom is 0.240 e. The highest BCUT2D eigenvalue weighted by Gasteiger charge is 2.15. The number of rotatable bonds is 5. The second-order valence-corrected chi connectivity index (χ2v) is 6.15. The number of nitrogens with one attached hydrogen (secondary N) is 1. The number of benzene rings is 1. The lowest BCUT2D eigenvalue weighted by Gasteiger charge is -2.10. The lowest BCUT2D eigenvalue weighted by molar-refractivity contribution is 0.580. The predicted molar refractivity (Wildman–Crippen MR) is 75.1 cm³/mol. The molecule has 1 unspecified atom stereocenters. The van der Waals surface area contributed by atoms with E-state index in [-0.39, 0.29) is 17.5 Å². The topological polar surface area (TPSA) is 98.0 Å². The van der Waals surface area contributed by atoms with Crippen molar-refractivity contribution in [3.05, 3.63) is 54.1 Å². The highest BCUT2D eigenvalue weighted by Crippen LogP contribution is 2.15. The van der Waals surface area contributed by atoms with Crippen LogP contribution in [0.5, 0.6) is 0 Å². The Morgan fingerprint density at radius 1 is 1.35 bits per heavy atom. The van der Waals surface area contributed by atoms with Crippen LogP contribution in [0.4, 0.5) is 0 Å². The molecule has 7 heteroatoms. The second kappa shape index (κ2) is 6.08. The number of nitrogens with zero attached hydrogens (tertiary/aromatic N) is 2. The first kappa shape index (κ1) is 14.6. The molecule has 0 aliphatic heterocycles. The third-order valence-corrected chi connectivity index (χ3v) is 4.18. The molecule has 0 fully saturated rings. The standard InChI is InChI=1S/C13H16N4O2S/c1-10(14)11-3-2-4-13(7-11)20(18,19)17-8-12-5-6-15-9-16-12/h2-7,9-10,17H,8,14H2,1H3. The van der Waals surface area contributed by atoms with E-state index in [9.17, 15) is 8.42 Å². The Kier molecular flexibility index (Phi) is 4.43. The molecule has 0 bridgehead atoms. The number of hydrogen-bond acceptors (Lipinski definition) is 5. The van der Waals surface area contributed by atoms with Gasteiger partial charge in [-0.05, 0) is 30.7 Å². The molecule has 0 aliphatic carbocycles. The summed E-state index contributed by atoms with van der Waals surface area (Å²) in [5.74, 6) is 0. The summed E-state index contributed by atoms with van der Waals surface area (Å²) in [6.07, 6.45) is 2.94. The molecule has 3 N–H and O–H groups in total. The van der Waals surface area contributed by atoms with Gasteiger partial charge in [0, 0.05) is 12.2 Å². The summed E-state index contributed by atoms with van der Waals surface area (Å²) in [4.78, 5) is 7.94. The number of sulfonamides is 1. The molecule has 20 heavy (non-hydrogen) atoms. The van der Waals surface area contributed by atoms with E-state index in [0.717, 1.165) is 5.56 Å². The van der Waals surface area contributed by atoms with Crippen molar-refractivity contribution < 1.29 is 8.42 Å². The third-order valence-electron chi connectivity index (χ3n) is 2.78. The average Bonchev–Trinajstić information content (AvgIpc) is 2.46. The molecule has 0 saturated heterocycles. The normalized spacial score (nSPS) is 13.1. The highest BCUT2D eigenvalue weighted by molar-refractivity contribution is 7.89. The van der Waals surface area contributed by atoms with Gasteiger partial charge in [0.1, 0.15) is 6.33 Å². The van der Waals surface area contributed by atoms with Gasteiger partial charge in [0.05, 0.1) is 17.1 Å². The zero-order valence-corrected chi connectivity index (χ0v) is 11.8. The molecule has 0 radical (unpaired) electrons. The fourth-order valence-corrected chi connectivity index (χ4v) is 2.69. The smallest absolute Gasteiger partial charge is 0.240 e. The van der Waals surface area contributed by atoms with Crippen molar-refractivity contribution in [3.8, 4) is 0 Å². The van der Waals surface area contributed by atoms with Crippen molar-refractivity contribution in [2.45, 2.75) is 24.4 Å². The Hall–Kier alpha value is -1.83. The van der Waals surface area contributed by atoms with Crippen LogP contribution in [0.25, 0.3) is 0 Å². The number of hydrogen-bond donors (Lipinski definition) is 2. The van der Waals surface area contributed by atoms with Crippen molar-refractivity contribution in [1.82, 2.24) is 14.7 Å². The maximum absolute atomic E-state index is 12.2. The molecule has 1 atom stereocenters. The number of nitrogens with two attached hydrogens (primary N) is 1. The molecule has 106 valence electrons. The van der Waals surface area contributed by atoms with Gasteiger partial charge in [0.15, 0.2) is 0 Å². The molecule has 2 aromatic rings. The van der Waals surface area contributed by atoms with E-state index in [0.29, 0.717) is 5.69 Å². The van der Waals surface area contributed by atoms with E-state index < -0.39 is 10.0 Å². The summed E-state index contributed by atoms with van der Waals surface area (Å²) in [6.45, 7) is 1.92. The Bertz CT molecular complexity index is 672. The van der Waals surface area contributed by atoms with Crippen LogP contribution in [0.15, 0.2) is 47.8 Å². The minimum Gasteiger partial charge on any atom is -0.324 e. The molecule has 1 heterocycles. The van der Waals surface area contributed by atoms with Gasteiger partial charge in [0.2, 0.25) is 10.0 Å². The fourth-order valence-electron chi connectivity index (χ4n) is 1.64. The molecule has 1 aromatic heterocycles. The Morgan fingerprint density at radius 2 is 2.15 bits per heavy atom. The van der Waals surface area contributed by atoms with Gasteiger partial charge >= 0.3 is 0 Å². The van der Waals surface area contributed by atoms with E-state index in [1.807, 2.05) is 0 Å². The van der Waals surface area contributed by atoms with Gasteiger partial charge in [-0.25, -0.2) is 23.1 Å². The molecule has 0 saturated carbocycles. The van der Waals surface area contributed by atoms with Crippen LogP contribution >= 0.6 is 0 Å². The largest absolute Gasteiger partial charge is 0.324 e. The van der Waals surface area contributed by atoms with Crippen LogP contribution < -0.4 is 10.5 Å². The quantitative estimate of drug-likeness (QED) is 0.856. The zero-order valence-electron chi connectivity index (χ0n) is 11.0. The molecular formula is C13H16N4O2S. The second-order valence-electron chi connectivity index (χ2n) is 4.39. The van der Waals surface area contributed by atoms with Crippen LogP contribution in [0.1, 0.15) is 24.2 Å². The zero-order chi connectivity index (χ0) is 14.6. The SMILES string of the molecule is CC(N)c1cccc(S(=O)(=O)NCc2ccncn2)c1. The summed E-state index contributed by atoms with van der Waals surface area (Å²) >= 11 is 0. The first-order chi connectivity index (χ1) is 9.49. The van der Waals surface area contributed by atoms with Crippen LogP contribution in [-0.4, -0.2) is 18.4 Å². The van der Waals surface area contributed by atoms with Crippen molar-refractivity contribution in [1.29, 1.82) is 0 Å². The van der Waals surface area contributed by atoms with Crippen molar-refractivity contribution in [2.24, 2.45) is 5.73 Å². The van der Waals surface area contributed by atoms with Crippen molar-refractivity contribution in [2.75, 3.05) is 0 Å². The van der Waals surface area contributed by atoms with E-state index in [1.165, 1.54) is 12.4 Å². The molecule has 1 aromatic carbocycles. The highest BCUT2D eigenvalue weighted by atomic mass is 32.2. The minimum absolute atomic E-state index is 0.118. The van der Waals surface area contributed by atoms with Crippen molar-refractivity contribution in [3.63, 3.8) is 0 Å². The van der Waals surface area contributed by atoms with Gasteiger partial charge in [-0.2, -0.15) is 0 Å². The first-order valence-electron chi connectivity index (χ1n) is 6.09. The van der Waals surface area contributed by atoms with E-state index >= 15 is 0 Å². The van der Waals surface area contributed by atoms with Gasteiger partial charge in [-0.15, -0.1) is 0 Å². The van der Waals surface area contributed by atoms with E-state index in [2.05, 4.69) is 14.7 Å². The molecule has 0 aliphatic rings. The lowest BCUT2D eigenvalue weighted by Crippen LogP contribution is -2.24. The monoisotopic (exact) mass is 292 g/mol. The van der Waals surface area contributed by atoms with E-state index in [4.69, 9.17) is 5.73 Å². The van der Waals surface area contributed by atoms with Crippen molar-refractivity contribution >= 4 is 10.0 Å². The fraction of sp³-hybridized carbons (Fsp3) is 0.231. The van der Waals surface area contributed by atoms with Crippen LogP contribution in [0.2, 0.25) is 0 Å². The Morgan fingerprint density at radius 3 is 2.80 bits per heavy atom. The van der Waals surface area contributed by atoms with Crippen LogP contribution in [0.3, 0.4) is 0 Å². The summed E-state index contributed by atoms with van der Waals surface area (Å²) in [5, 5.41) is 0. The molecule has 6 nitrogen and oxygen atoms in total. The number of aromatic nitrogens is 2. The summed E-state index contributed by atoms with van der Waals surface area (Å²) < 4.78 is 26.9. The average molecular weight is 292 g/mol. The summed E-state index contributed by atoms with van der Waals surface area (Å²) in [6, 6.07) is 8.03. The lowest BCUT2D eigenvalue weighted by atomic mass is 10.1. The predicted octanol–water partition coefficient (Wildman–Crippen LogP) is 0.975. The maximum atomic E-state index is 12.2. The van der Waals surface area contributed by atoms with Crippen LogP contribution in [-0.2, 0) is 16.6 Å². The van der Waals surface area contributed by atoms with E-state index in [1.54, 1.807) is 37.4 Å². The Balaban J connectivity index is 2.16. The van der Waals surface area contributed by atoms with Crippen LogP contribution in [0, 0.1) is 0 Å². The Labute approximate surface area is 118 Å². The molecule has 0 amide bonds. The first-order valence-corrected chi connectivity index (χ1v) is 7.57. The van der Waals surface area contributed by atoms with Gasteiger partial charge in [0.25, 0.3) is 0 Å². The third kappa shape index (κ3) is 3.60. The van der Waals surface area contributed by atoms with Gasteiger partial charge in [-0.1, -0.05) is 12.1 Å². The minimum atomic E-state index is -3.58. The molecular weight excluding hydrogens is 276 g/mol. The summed E-state index contributed by atoms with van der Waals surface area (Å²) in [5.41, 5.74) is 7.14. The summed E-state index contributed by atoms with van der Waals surface area (Å²) in [7, 11) is -3.58.